The minimum Gasteiger partial charge on any atom is -0.464 e. The Bertz CT molecular complexity index is 387. The molecule has 0 aliphatic carbocycles. The van der Waals surface area contributed by atoms with Crippen molar-refractivity contribution >= 4 is 11.0 Å². The molecule has 0 N–H and O–H groups in total. The highest BCUT2D eigenvalue weighted by atomic mass is 16.3. The van der Waals surface area contributed by atoms with Gasteiger partial charge in [0.25, 0.3) is 0 Å². The molecule has 13 heavy (non-hydrogen) atoms. The number of rotatable bonds is 3. The minimum absolute atomic E-state index is 0.986. The minimum atomic E-state index is 0.986. The number of unbranched alkanes of at least 4 members (excludes halogenated alkanes) is 1. The van der Waals surface area contributed by atoms with Gasteiger partial charge in [-0.05, 0) is 24.5 Å². The molecule has 0 unspecified atom stereocenters. The molecule has 0 bridgehead atoms. The highest BCUT2D eigenvalue weighted by Crippen LogP contribution is 2.21. The Labute approximate surface area is 78.4 Å². The van der Waals surface area contributed by atoms with Crippen LogP contribution in [0.3, 0.4) is 0 Å². The van der Waals surface area contributed by atoms with Crippen LogP contribution in [0.5, 0.6) is 0 Å². The number of benzene rings is 1. The van der Waals surface area contributed by atoms with Gasteiger partial charge in [-0.15, -0.1) is 0 Å². The fourth-order valence-corrected chi connectivity index (χ4v) is 1.54. The molecule has 0 saturated carbocycles. The number of hydrogen-bond acceptors (Lipinski definition) is 1. The lowest BCUT2D eigenvalue weighted by Gasteiger charge is -1.94. The van der Waals surface area contributed by atoms with Gasteiger partial charge in [0.05, 0.1) is 6.26 Å². The lowest BCUT2D eigenvalue weighted by atomic mass is 10.1. The standard InChI is InChI=1S/C12H13O/c1-2-3-6-10-9-13-12-8-5-4-7-11(10)12/h4-5,7-9H,1-3,6H2. The Balaban J connectivity index is 2.35. The van der Waals surface area contributed by atoms with E-state index in [9.17, 15) is 0 Å². The molecule has 0 fully saturated rings. The fraction of sp³-hybridized carbons (Fsp3) is 0.250. The zero-order valence-electron chi connectivity index (χ0n) is 7.62. The summed E-state index contributed by atoms with van der Waals surface area (Å²) in [5.74, 6) is 0. The van der Waals surface area contributed by atoms with E-state index in [2.05, 4.69) is 13.0 Å². The predicted octanol–water partition coefficient (Wildman–Crippen LogP) is 3.59. The van der Waals surface area contributed by atoms with Gasteiger partial charge in [-0.25, -0.2) is 0 Å². The van der Waals surface area contributed by atoms with Crippen molar-refractivity contribution in [3.8, 4) is 0 Å². The van der Waals surface area contributed by atoms with Gasteiger partial charge in [-0.3, -0.25) is 0 Å². The molecule has 0 amide bonds. The highest BCUT2D eigenvalue weighted by molar-refractivity contribution is 5.80. The van der Waals surface area contributed by atoms with Gasteiger partial charge in [0, 0.05) is 5.39 Å². The molecule has 67 valence electrons. The van der Waals surface area contributed by atoms with Crippen molar-refractivity contribution in [1.82, 2.24) is 0 Å². The average molecular weight is 173 g/mol. The van der Waals surface area contributed by atoms with Crippen molar-refractivity contribution < 1.29 is 4.42 Å². The third kappa shape index (κ3) is 1.59. The first-order valence-electron chi connectivity index (χ1n) is 4.66. The summed E-state index contributed by atoms with van der Waals surface area (Å²) in [7, 11) is 0. The molecule has 2 rings (SSSR count). The van der Waals surface area contributed by atoms with E-state index in [0.29, 0.717) is 0 Å². The van der Waals surface area contributed by atoms with E-state index < -0.39 is 0 Å². The van der Waals surface area contributed by atoms with Gasteiger partial charge in [0.1, 0.15) is 5.58 Å². The Morgan fingerprint density at radius 2 is 2.08 bits per heavy atom. The molecule has 0 aliphatic heterocycles. The first-order valence-corrected chi connectivity index (χ1v) is 4.66. The zero-order valence-corrected chi connectivity index (χ0v) is 7.62. The molecular formula is C12H13O. The van der Waals surface area contributed by atoms with E-state index in [0.717, 1.165) is 24.8 Å². The van der Waals surface area contributed by atoms with Crippen LogP contribution in [0.2, 0.25) is 0 Å². The van der Waals surface area contributed by atoms with Crippen LogP contribution < -0.4 is 0 Å². The summed E-state index contributed by atoms with van der Waals surface area (Å²) in [5.41, 5.74) is 2.29. The van der Waals surface area contributed by atoms with Crippen LogP contribution in [0.1, 0.15) is 18.4 Å². The van der Waals surface area contributed by atoms with E-state index >= 15 is 0 Å². The number of hydrogen-bond donors (Lipinski definition) is 0. The second-order valence-corrected chi connectivity index (χ2v) is 3.21. The average Bonchev–Trinajstić information content (AvgIpc) is 2.58. The van der Waals surface area contributed by atoms with Crippen LogP contribution in [0.25, 0.3) is 11.0 Å². The molecule has 1 nitrogen and oxygen atoms in total. The Hall–Kier alpha value is -1.24. The monoisotopic (exact) mass is 173 g/mol. The van der Waals surface area contributed by atoms with Crippen LogP contribution in [-0.4, -0.2) is 0 Å². The van der Waals surface area contributed by atoms with E-state index in [-0.39, 0.29) is 0 Å². The largest absolute Gasteiger partial charge is 0.464 e. The molecule has 2 aromatic rings. The van der Waals surface area contributed by atoms with E-state index in [1.165, 1.54) is 10.9 Å². The second-order valence-electron chi connectivity index (χ2n) is 3.21. The number of furan rings is 1. The summed E-state index contributed by atoms with van der Waals surface area (Å²) in [6, 6.07) is 8.16. The van der Waals surface area contributed by atoms with Crippen LogP contribution in [-0.2, 0) is 6.42 Å². The quantitative estimate of drug-likeness (QED) is 0.691. The van der Waals surface area contributed by atoms with E-state index in [1.54, 1.807) is 0 Å². The van der Waals surface area contributed by atoms with Gasteiger partial charge in [0.2, 0.25) is 0 Å². The first kappa shape index (κ1) is 8.36. The molecule has 0 aliphatic rings. The summed E-state index contributed by atoms with van der Waals surface area (Å²) in [5, 5.41) is 1.25. The van der Waals surface area contributed by atoms with E-state index in [1.807, 2.05) is 24.5 Å². The van der Waals surface area contributed by atoms with Gasteiger partial charge >= 0.3 is 0 Å². The van der Waals surface area contributed by atoms with E-state index in [4.69, 9.17) is 4.42 Å². The van der Waals surface area contributed by atoms with Crippen molar-refractivity contribution in [2.75, 3.05) is 0 Å². The highest BCUT2D eigenvalue weighted by Gasteiger charge is 2.02. The van der Waals surface area contributed by atoms with Gasteiger partial charge in [0.15, 0.2) is 0 Å². The smallest absolute Gasteiger partial charge is 0.134 e. The molecule has 0 spiro atoms. The molecule has 1 aromatic heterocycles. The van der Waals surface area contributed by atoms with Crippen LogP contribution in [0, 0.1) is 6.92 Å². The van der Waals surface area contributed by atoms with Crippen molar-refractivity contribution in [2.45, 2.75) is 19.3 Å². The molecule has 0 saturated heterocycles. The SMILES string of the molecule is [CH2]CCCc1coc2ccccc12. The number of fused-ring (bicyclic) bond motifs is 1. The lowest BCUT2D eigenvalue weighted by Crippen LogP contribution is -1.80. The Morgan fingerprint density at radius 3 is 2.92 bits per heavy atom. The molecule has 1 aromatic carbocycles. The first-order chi connectivity index (χ1) is 6.42. The van der Waals surface area contributed by atoms with Gasteiger partial charge in [-0.1, -0.05) is 31.5 Å². The summed E-state index contributed by atoms with van der Waals surface area (Å²) in [6.07, 6.45) is 5.05. The second kappa shape index (κ2) is 3.65. The van der Waals surface area contributed by atoms with Crippen molar-refractivity contribution in [3.05, 3.63) is 43.0 Å². The Kier molecular flexibility index (Phi) is 2.35. The maximum absolute atomic E-state index is 5.43. The summed E-state index contributed by atoms with van der Waals surface area (Å²) < 4.78 is 5.43. The normalized spacial score (nSPS) is 10.8. The van der Waals surface area contributed by atoms with Crippen molar-refractivity contribution in [2.24, 2.45) is 0 Å². The number of aryl methyl sites for hydroxylation is 1. The molecule has 1 heteroatoms. The van der Waals surface area contributed by atoms with Crippen LogP contribution in [0.15, 0.2) is 34.9 Å². The van der Waals surface area contributed by atoms with Crippen LogP contribution in [0.4, 0.5) is 0 Å². The Morgan fingerprint density at radius 1 is 1.23 bits per heavy atom. The third-order valence-electron chi connectivity index (χ3n) is 2.26. The van der Waals surface area contributed by atoms with Crippen molar-refractivity contribution in [1.29, 1.82) is 0 Å². The van der Waals surface area contributed by atoms with Gasteiger partial charge in [-0.2, -0.15) is 0 Å². The molecule has 1 heterocycles. The lowest BCUT2D eigenvalue weighted by molar-refractivity contribution is 0.609. The molecule has 1 radical (unpaired) electrons. The van der Waals surface area contributed by atoms with Gasteiger partial charge < -0.3 is 4.42 Å². The maximum atomic E-state index is 5.43. The fourth-order valence-electron chi connectivity index (χ4n) is 1.54. The summed E-state index contributed by atoms with van der Waals surface area (Å²) in [6.45, 7) is 3.83. The zero-order chi connectivity index (χ0) is 9.10. The summed E-state index contributed by atoms with van der Waals surface area (Å²) in [4.78, 5) is 0. The molecular weight excluding hydrogens is 160 g/mol. The maximum Gasteiger partial charge on any atom is 0.134 e. The summed E-state index contributed by atoms with van der Waals surface area (Å²) >= 11 is 0. The topological polar surface area (TPSA) is 13.1 Å². The molecule has 0 atom stereocenters. The van der Waals surface area contributed by atoms with Crippen LogP contribution >= 0.6 is 0 Å². The predicted molar refractivity (Wildman–Crippen MR) is 54.5 cm³/mol. The van der Waals surface area contributed by atoms with Crippen molar-refractivity contribution in [3.63, 3.8) is 0 Å². The number of para-hydroxylation sites is 1. The third-order valence-corrected chi connectivity index (χ3v) is 2.26.